The molecule has 0 amide bonds. The monoisotopic (exact) mass is 496 g/mol. The van der Waals surface area contributed by atoms with E-state index in [0.717, 1.165) is 0 Å². The molecule has 33 heavy (non-hydrogen) atoms. The van der Waals surface area contributed by atoms with Crippen molar-refractivity contribution >= 4 is 29.2 Å². The molecule has 4 nitrogen and oxygen atoms in total. The maximum atomic E-state index is 15.4. The van der Waals surface area contributed by atoms with Gasteiger partial charge in [-0.3, -0.25) is 4.79 Å². The average molecular weight is 497 g/mol. The summed E-state index contributed by atoms with van der Waals surface area (Å²) in [6, 6.07) is 7.67. The summed E-state index contributed by atoms with van der Waals surface area (Å²) in [4.78, 5) is 15.2. The van der Waals surface area contributed by atoms with E-state index in [1.165, 1.54) is 18.2 Å². The zero-order valence-electron chi connectivity index (χ0n) is 19.3. The van der Waals surface area contributed by atoms with Gasteiger partial charge in [-0.15, -0.1) is 0 Å². The molecule has 0 saturated carbocycles. The first-order valence-corrected chi connectivity index (χ1v) is 11.6. The van der Waals surface area contributed by atoms with E-state index in [4.69, 9.17) is 33.7 Å². The van der Waals surface area contributed by atoms with Crippen molar-refractivity contribution in [1.82, 2.24) is 4.90 Å². The first-order chi connectivity index (χ1) is 15.2. The number of nitrogens with zero attached hydrogens (tertiary/aromatic N) is 1. The van der Waals surface area contributed by atoms with E-state index in [1.54, 1.807) is 32.0 Å². The number of carbonyl (C=O) groups excluding carboxylic acids is 1. The van der Waals surface area contributed by atoms with Gasteiger partial charge in [-0.2, -0.15) is 0 Å². The van der Waals surface area contributed by atoms with Crippen molar-refractivity contribution in [2.75, 3.05) is 0 Å². The largest absolute Gasteiger partial charge is 0.443 e. The highest BCUT2D eigenvalue weighted by atomic mass is 35.5. The third-order valence-corrected chi connectivity index (χ3v) is 7.37. The summed E-state index contributed by atoms with van der Waals surface area (Å²) in [6.45, 7) is 9.76. The van der Waals surface area contributed by atoms with Crippen LogP contribution in [0.3, 0.4) is 0 Å². The summed E-state index contributed by atoms with van der Waals surface area (Å²) >= 11 is 12.1. The second-order valence-corrected chi connectivity index (χ2v) is 11.5. The Kier molecular flexibility index (Phi) is 5.85. The lowest BCUT2D eigenvalue weighted by Crippen LogP contribution is -2.56. The van der Waals surface area contributed by atoms with Gasteiger partial charge in [0, 0.05) is 12.0 Å². The Morgan fingerprint density at radius 3 is 2.39 bits per heavy atom. The number of nitrogens with two attached hydrogens (primary N) is 1. The van der Waals surface area contributed by atoms with Crippen molar-refractivity contribution in [2.45, 2.75) is 70.3 Å². The van der Waals surface area contributed by atoms with Crippen molar-refractivity contribution in [3.05, 3.63) is 69.2 Å². The van der Waals surface area contributed by atoms with Crippen molar-refractivity contribution in [3.63, 3.8) is 0 Å². The highest BCUT2D eigenvalue weighted by Gasteiger charge is 2.69. The maximum Gasteiger partial charge on any atom is 0.325 e. The minimum Gasteiger partial charge on any atom is -0.443 e. The van der Waals surface area contributed by atoms with Gasteiger partial charge >= 0.3 is 5.97 Å². The van der Waals surface area contributed by atoms with Crippen LogP contribution < -0.4 is 5.73 Å². The summed E-state index contributed by atoms with van der Waals surface area (Å²) in [5.74, 6) is -2.65. The minimum atomic E-state index is -1.34. The quantitative estimate of drug-likeness (QED) is 0.530. The number of hydrogen-bond donors (Lipinski definition) is 1. The van der Waals surface area contributed by atoms with Crippen LogP contribution in [0.1, 0.15) is 58.1 Å². The first-order valence-electron chi connectivity index (χ1n) is 10.9. The molecular formula is C25H28Cl2F2N2O2. The molecule has 4 atom stereocenters. The molecule has 0 radical (unpaired) electrons. The zero-order chi connectivity index (χ0) is 24.5. The standard InChI is InChI=1S/C25H28Cl2F2N2O2/c1-23(2,3)12-18-25(30,13-9-10-15(26)17(28)11-13)19(14-7-6-8-16(27)20(14)29)21-22(32)33-24(4,5)31(18)21/h6-11,18-19,21H,12,30H2,1-5H3/t18-,19-,21+,25+/m0/s1. The molecule has 2 aliphatic heterocycles. The first kappa shape index (κ1) is 24.4. The summed E-state index contributed by atoms with van der Waals surface area (Å²) in [7, 11) is 0. The fourth-order valence-corrected chi connectivity index (χ4v) is 5.84. The molecule has 2 fully saturated rings. The highest BCUT2D eigenvalue weighted by molar-refractivity contribution is 6.31. The summed E-state index contributed by atoms with van der Waals surface area (Å²) in [6.07, 6.45) is 0.545. The number of cyclic esters (lactones) is 1. The molecule has 0 unspecified atom stereocenters. The Morgan fingerprint density at radius 1 is 1.12 bits per heavy atom. The molecule has 2 aromatic carbocycles. The second kappa shape index (κ2) is 7.91. The van der Waals surface area contributed by atoms with Crippen LogP contribution in [0.2, 0.25) is 10.0 Å². The van der Waals surface area contributed by atoms with E-state index in [9.17, 15) is 9.18 Å². The molecule has 2 aliphatic rings. The van der Waals surface area contributed by atoms with Gasteiger partial charge < -0.3 is 10.5 Å². The van der Waals surface area contributed by atoms with Crippen LogP contribution in [0.25, 0.3) is 0 Å². The topological polar surface area (TPSA) is 55.6 Å². The highest BCUT2D eigenvalue weighted by Crippen LogP contribution is 2.58. The van der Waals surface area contributed by atoms with E-state index >= 15 is 4.39 Å². The second-order valence-electron chi connectivity index (χ2n) is 10.7. The van der Waals surface area contributed by atoms with Gasteiger partial charge in [0.2, 0.25) is 0 Å². The van der Waals surface area contributed by atoms with E-state index in [2.05, 4.69) is 20.8 Å². The van der Waals surface area contributed by atoms with Crippen molar-refractivity contribution in [2.24, 2.45) is 11.1 Å². The number of carbonyl (C=O) groups is 1. The molecule has 0 spiro atoms. The van der Waals surface area contributed by atoms with Crippen LogP contribution in [0.15, 0.2) is 36.4 Å². The normalized spacial score (nSPS) is 29.3. The third kappa shape index (κ3) is 3.85. The third-order valence-electron chi connectivity index (χ3n) is 6.77. The molecular weight excluding hydrogens is 469 g/mol. The Bertz CT molecular complexity index is 1120. The Balaban J connectivity index is 2.05. The van der Waals surface area contributed by atoms with Crippen molar-refractivity contribution in [3.8, 4) is 0 Å². The van der Waals surface area contributed by atoms with Crippen molar-refractivity contribution < 1.29 is 18.3 Å². The zero-order valence-corrected chi connectivity index (χ0v) is 20.8. The molecule has 8 heteroatoms. The number of halogens is 4. The van der Waals surface area contributed by atoms with Crippen LogP contribution in [-0.2, 0) is 15.1 Å². The molecule has 4 rings (SSSR count). The molecule has 2 heterocycles. The average Bonchev–Trinajstić information content (AvgIpc) is 3.08. The van der Waals surface area contributed by atoms with E-state index in [-0.39, 0.29) is 21.0 Å². The van der Waals surface area contributed by atoms with Crippen LogP contribution in [0.5, 0.6) is 0 Å². The summed E-state index contributed by atoms with van der Waals surface area (Å²) < 4.78 is 35.9. The molecule has 2 saturated heterocycles. The van der Waals surface area contributed by atoms with Gasteiger partial charge in [0.25, 0.3) is 0 Å². The Hall–Kier alpha value is -1.73. The maximum absolute atomic E-state index is 15.4. The van der Waals surface area contributed by atoms with Crippen LogP contribution in [0, 0.1) is 17.0 Å². The number of fused-ring (bicyclic) bond motifs is 1. The Labute approximate surface area is 203 Å². The van der Waals surface area contributed by atoms with Crippen LogP contribution >= 0.6 is 23.2 Å². The molecule has 2 N–H and O–H groups in total. The molecule has 0 aromatic heterocycles. The fourth-order valence-electron chi connectivity index (χ4n) is 5.54. The van der Waals surface area contributed by atoms with E-state index < -0.39 is 46.9 Å². The van der Waals surface area contributed by atoms with Gasteiger partial charge in [-0.1, -0.05) is 62.2 Å². The van der Waals surface area contributed by atoms with Crippen molar-refractivity contribution in [1.29, 1.82) is 0 Å². The Morgan fingerprint density at radius 2 is 1.79 bits per heavy atom. The predicted molar refractivity (Wildman–Crippen MR) is 125 cm³/mol. The van der Waals surface area contributed by atoms with Gasteiger partial charge in [0.05, 0.1) is 15.6 Å². The number of rotatable bonds is 3. The predicted octanol–water partition coefficient (Wildman–Crippen LogP) is 5.99. The lowest BCUT2D eigenvalue weighted by Gasteiger charge is -2.44. The molecule has 0 bridgehead atoms. The smallest absolute Gasteiger partial charge is 0.325 e. The SMILES string of the molecule is CC(C)(C)C[C@@H]1N2[C@@H](C(=O)OC2(C)C)[C@H](c2cccc(Cl)c2F)[C@@]1(N)c1ccc(Cl)c(F)c1. The minimum absolute atomic E-state index is 0.0431. The van der Waals surface area contributed by atoms with Gasteiger partial charge in [0.1, 0.15) is 17.7 Å². The van der Waals surface area contributed by atoms with Gasteiger partial charge in [-0.05, 0) is 55.0 Å². The fraction of sp³-hybridized carbons (Fsp3) is 0.480. The molecule has 178 valence electrons. The van der Waals surface area contributed by atoms with E-state index in [0.29, 0.717) is 12.0 Å². The van der Waals surface area contributed by atoms with E-state index in [1.807, 2.05) is 4.90 Å². The number of hydrogen-bond acceptors (Lipinski definition) is 4. The summed E-state index contributed by atoms with van der Waals surface area (Å²) in [5, 5.41) is -0.118. The lowest BCUT2D eigenvalue weighted by atomic mass is 9.68. The van der Waals surface area contributed by atoms with Crippen LogP contribution in [-0.4, -0.2) is 28.7 Å². The summed E-state index contributed by atoms with van der Waals surface area (Å²) in [5.41, 5.74) is 5.33. The number of ether oxygens (including phenoxy) is 1. The molecule has 0 aliphatic carbocycles. The van der Waals surface area contributed by atoms with Crippen LogP contribution in [0.4, 0.5) is 8.78 Å². The van der Waals surface area contributed by atoms with Gasteiger partial charge in [-0.25, -0.2) is 13.7 Å². The number of esters is 1. The number of benzene rings is 2. The lowest BCUT2D eigenvalue weighted by molar-refractivity contribution is -0.152. The molecule has 2 aromatic rings. The van der Waals surface area contributed by atoms with Gasteiger partial charge in [0.15, 0.2) is 5.72 Å².